The molecule has 0 atom stereocenters. The van der Waals surface area contributed by atoms with E-state index in [1.807, 2.05) is 11.8 Å². The maximum absolute atomic E-state index is 12.4. The Morgan fingerprint density at radius 3 is 2.43 bits per heavy atom. The highest BCUT2D eigenvalue weighted by Crippen LogP contribution is 2.17. The lowest BCUT2D eigenvalue weighted by Crippen LogP contribution is -2.53. The van der Waals surface area contributed by atoms with E-state index in [0.717, 1.165) is 39.0 Å². The summed E-state index contributed by atoms with van der Waals surface area (Å²) in [5.74, 6) is 0.0977. The van der Waals surface area contributed by atoms with Crippen LogP contribution in [0.25, 0.3) is 0 Å². The monoisotopic (exact) mass is 387 g/mol. The molecular formula is C21H33N5O2. The van der Waals surface area contributed by atoms with E-state index in [2.05, 4.69) is 51.6 Å². The van der Waals surface area contributed by atoms with Gasteiger partial charge >= 0.3 is 6.03 Å². The summed E-state index contributed by atoms with van der Waals surface area (Å²) in [6.07, 6.45) is 1.65. The number of urea groups is 1. The molecule has 2 N–H and O–H groups in total. The second-order valence-electron chi connectivity index (χ2n) is 7.77. The summed E-state index contributed by atoms with van der Waals surface area (Å²) < 4.78 is 0. The molecule has 0 saturated carbocycles. The Morgan fingerprint density at radius 1 is 1.07 bits per heavy atom. The van der Waals surface area contributed by atoms with Crippen LogP contribution in [0.15, 0.2) is 24.3 Å². The van der Waals surface area contributed by atoms with Crippen molar-refractivity contribution in [1.82, 2.24) is 20.4 Å². The maximum Gasteiger partial charge on any atom is 0.317 e. The third kappa shape index (κ3) is 5.61. The lowest BCUT2D eigenvalue weighted by Gasteiger charge is -2.36. The number of carbonyl (C=O) groups is 2. The molecular weight excluding hydrogens is 354 g/mol. The number of hydrogen-bond donors (Lipinski definition) is 2. The van der Waals surface area contributed by atoms with Gasteiger partial charge < -0.3 is 20.4 Å². The van der Waals surface area contributed by atoms with E-state index in [0.29, 0.717) is 26.2 Å². The molecule has 0 aromatic heterocycles. The second-order valence-corrected chi connectivity index (χ2v) is 7.77. The summed E-state index contributed by atoms with van der Waals surface area (Å²) in [4.78, 5) is 30.7. The maximum atomic E-state index is 12.4. The molecule has 7 nitrogen and oxygen atoms in total. The molecule has 1 aromatic rings. The first-order valence-corrected chi connectivity index (χ1v) is 10.4. The minimum atomic E-state index is -0.00115. The number of benzene rings is 1. The minimum absolute atomic E-state index is 0.00115. The van der Waals surface area contributed by atoms with Gasteiger partial charge in [-0.2, -0.15) is 0 Å². The Labute approximate surface area is 168 Å². The van der Waals surface area contributed by atoms with Gasteiger partial charge in [0, 0.05) is 57.5 Å². The standard InChI is InChI=1S/C21H33N5O2/c1-3-22-21(28)26-9-7-18(8-10-26)23-20(27)16-24-11-13-25(14-12-24)19-6-4-5-17(2)15-19/h4-6,15,18H,3,7-14,16H2,1-2H3,(H,22,28)(H,23,27). The van der Waals surface area contributed by atoms with Crippen molar-refractivity contribution < 1.29 is 9.59 Å². The molecule has 0 bridgehead atoms. The zero-order valence-corrected chi connectivity index (χ0v) is 17.1. The minimum Gasteiger partial charge on any atom is -0.369 e. The first-order valence-electron chi connectivity index (χ1n) is 10.4. The van der Waals surface area contributed by atoms with Crippen LogP contribution in [-0.4, -0.2) is 80.1 Å². The molecule has 154 valence electrons. The molecule has 2 fully saturated rings. The molecule has 2 aliphatic rings. The number of likely N-dealkylation sites (tertiary alicyclic amines) is 1. The van der Waals surface area contributed by atoms with E-state index in [1.165, 1.54) is 11.3 Å². The molecule has 2 aliphatic heterocycles. The number of nitrogens with zero attached hydrogens (tertiary/aromatic N) is 3. The fraction of sp³-hybridized carbons (Fsp3) is 0.619. The summed E-state index contributed by atoms with van der Waals surface area (Å²) in [6, 6.07) is 8.76. The summed E-state index contributed by atoms with van der Waals surface area (Å²) in [6.45, 7) is 10.2. The van der Waals surface area contributed by atoms with Crippen LogP contribution in [0, 0.1) is 6.92 Å². The summed E-state index contributed by atoms with van der Waals surface area (Å²) in [7, 11) is 0. The molecule has 0 radical (unpaired) electrons. The highest BCUT2D eigenvalue weighted by atomic mass is 16.2. The number of aryl methyl sites for hydroxylation is 1. The molecule has 0 unspecified atom stereocenters. The SMILES string of the molecule is CCNC(=O)N1CCC(NC(=O)CN2CCN(c3cccc(C)c3)CC2)CC1. The zero-order valence-electron chi connectivity index (χ0n) is 17.1. The van der Waals surface area contributed by atoms with E-state index < -0.39 is 0 Å². The molecule has 3 rings (SSSR count). The number of hydrogen-bond acceptors (Lipinski definition) is 4. The zero-order chi connectivity index (χ0) is 19.9. The van der Waals surface area contributed by atoms with Gasteiger partial charge in [-0.25, -0.2) is 4.79 Å². The summed E-state index contributed by atoms with van der Waals surface area (Å²) >= 11 is 0. The molecule has 0 spiro atoms. The number of piperazine rings is 1. The normalized spacial score (nSPS) is 18.8. The van der Waals surface area contributed by atoms with Crippen LogP contribution in [0.1, 0.15) is 25.3 Å². The highest BCUT2D eigenvalue weighted by Gasteiger charge is 2.25. The Bertz CT molecular complexity index is 665. The molecule has 3 amide bonds. The number of amides is 3. The highest BCUT2D eigenvalue weighted by molar-refractivity contribution is 5.78. The van der Waals surface area contributed by atoms with Crippen molar-refractivity contribution in [3.8, 4) is 0 Å². The largest absolute Gasteiger partial charge is 0.369 e. The molecule has 28 heavy (non-hydrogen) atoms. The van der Waals surface area contributed by atoms with Gasteiger partial charge in [-0.05, 0) is 44.4 Å². The third-order valence-corrected chi connectivity index (χ3v) is 5.58. The van der Waals surface area contributed by atoms with E-state index in [9.17, 15) is 9.59 Å². The summed E-state index contributed by atoms with van der Waals surface area (Å²) in [5, 5.41) is 5.99. The fourth-order valence-electron chi connectivity index (χ4n) is 3.96. The van der Waals surface area contributed by atoms with Crippen molar-refractivity contribution in [1.29, 1.82) is 0 Å². The Kier molecular flexibility index (Phi) is 7.14. The number of anilines is 1. The lowest BCUT2D eigenvalue weighted by atomic mass is 10.1. The van der Waals surface area contributed by atoms with E-state index >= 15 is 0 Å². The lowest BCUT2D eigenvalue weighted by molar-refractivity contribution is -0.123. The third-order valence-electron chi connectivity index (χ3n) is 5.58. The van der Waals surface area contributed by atoms with Crippen molar-refractivity contribution in [3.05, 3.63) is 29.8 Å². The average Bonchev–Trinajstić information content (AvgIpc) is 2.69. The Hall–Kier alpha value is -2.28. The number of carbonyl (C=O) groups excluding carboxylic acids is 2. The van der Waals surface area contributed by atoms with Crippen molar-refractivity contribution >= 4 is 17.6 Å². The predicted molar refractivity (Wildman–Crippen MR) is 112 cm³/mol. The van der Waals surface area contributed by atoms with Crippen LogP contribution in [0.3, 0.4) is 0 Å². The van der Waals surface area contributed by atoms with Crippen molar-refractivity contribution in [3.63, 3.8) is 0 Å². The Balaban J connectivity index is 1.37. The molecule has 2 saturated heterocycles. The second kappa shape index (κ2) is 9.78. The van der Waals surface area contributed by atoms with Crippen LogP contribution >= 0.6 is 0 Å². The molecule has 2 heterocycles. The summed E-state index contributed by atoms with van der Waals surface area (Å²) in [5.41, 5.74) is 2.54. The van der Waals surface area contributed by atoms with Gasteiger partial charge in [0.25, 0.3) is 0 Å². The van der Waals surface area contributed by atoms with E-state index in [4.69, 9.17) is 0 Å². The number of piperidine rings is 1. The van der Waals surface area contributed by atoms with Gasteiger partial charge in [0.2, 0.25) is 5.91 Å². The quantitative estimate of drug-likeness (QED) is 0.802. The van der Waals surface area contributed by atoms with Gasteiger partial charge in [0.05, 0.1) is 6.54 Å². The van der Waals surface area contributed by atoms with Gasteiger partial charge in [-0.3, -0.25) is 9.69 Å². The van der Waals surface area contributed by atoms with Gasteiger partial charge in [-0.1, -0.05) is 12.1 Å². The van der Waals surface area contributed by atoms with Crippen molar-refractivity contribution in [2.75, 3.05) is 57.3 Å². The van der Waals surface area contributed by atoms with Crippen LogP contribution in [0.5, 0.6) is 0 Å². The van der Waals surface area contributed by atoms with Crippen molar-refractivity contribution in [2.24, 2.45) is 0 Å². The molecule has 0 aliphatic carbocycles. The number of rotatable bonds is 5. The van der Waals surface area contributed by atoms with Crippen LogP contribution in [0.4, 0.5) is 10.5 Å². The fourth-order valence-corrected chi connectivity index (χ4v) is 3.96. The van der Waals surface area contributed by atoms with E-state index in [-0.39, 0.29) is 18.0 Å². The smallest absolute Gasteiger partial charge is 0.317 e. The molecule has 1 aromatic carbocycles. The first kappa shape index (κ1) is 20.5. The van der Waals surface area contributed by atoms with Crippen molar-refractivity contribution in [2.45, 2.75) is 32.7 Å². The predicted octanol–water partition coefficient (Wildman–Crippen LogP) is 1.43. The van der Waals surface area contributed by atoms with Gasteiger partial charge in [-0.15, -0.1) is 0 Å². The Morgan fingerprint density at radius 2 is 1.79 bits per heavy atom. The number of nitrogens with one attached hydrogen (secondary N) is 2. The van der Waals surface area contributed by atoms with Crippen LogP contribution < -0.4 is 15.5 Å². The van der Waals surface area contributed by atoms with Gasteiger partial charge in [0.15, 0.2) is 0 Å². The van der Waals surface area contributed by atoms with E-state index in [1.54, 1.807) is 0 Å². The first-order chi connectivity index (χ1) is 13.5. The topological polar surface area (TPSA) is 67.9 Å². The van der Waals surface area contributed by atoms with Crippen LogP contribution in [0.2, 0.25) is 0 Å². The molecule has 7 heteroatoms. The van der Waals surface area contributed by atoms with Gasteiger partial charge in [0.1, 0.15) is 0 Å². The average molecular weight is 388 g/mol. The van der Waals surface area contributed by atoms with Crippen LogP contribution in [-0.2, 0) is 4.79 Å².